The Labute approximate surface area is 141 Å². The summed E-state index contributed by atoms with van der Waals surface area (Å²) >= 11 is 0. The third-order valence-corrected chi connectivity index (χ3v) is 3.29. The number of amides is 2. The van der Waals surface area contributed by atoms with Crippen LogP contribution in [0.15, 0.2) is 48.5 Å². The quantitative estimate of drug-likeness (QED) is 0.724. The summed E-state index contributed by atoms with van der Waals surface area (Å²) < 4.78 is 12.8. The van der Waals surface area contributed by atoms with E-state index in [0.29, 0.717) is 22.6 Å². The molecule has 0 aliphatic carbocycles. The number of rotatable bonds is 5. The van der Waals surface area contributed by atoms with E-state index in [1.54, 1.807) is 24.3 Å². The van der Waals surface area contributed by atoms with Gasteiger partial charge in [-0.05, 0) is 41.6 Å². The maximum Gasteiger partial charge on any atom is 0.248 e. The van der Waals surface area contributed by atoms with Crippen molar-refractivity contribution in [1.82, 2.24) is 20.2 Å². The number of hydrogen-bond acceptors (Lipinski definition) is 5. The monoisotopic (exact) mass is 340 g/mol. The molecule has 0 unspecified atom stereocenters. The fraction of sp³-hybridized carbons (Fsp3) is 0.0625. The van der Waals surface area contributed by atoms with Crippen molar-refractivity contribution >= 4 is 17.5 Å². The lowest BCUT2D eigenvalue weighted by Crippen LogP contribution is -2.20. The van der Waals surface area contributed by atoms with E-state index in [4.69, 9.17) is 5.73 Å². The van der Waals surface area contributed by atoms with Crippen LogP contribution >= 0.6 is 0 Å². The van der Waals surface area contributed by atoms with E-state index in [2.05, 4.69) is 20.7 Å². The summed E-state index contributed by atoms with van der Waals surface area (Å²) in [5.41, 5.74) is 6.65. The smallest absolute Gasteiger partial charge is 0.248 e. The van der Waals surface area contributed by atoms with Gasteiger partial charge in [-0.15, -0.1) is 10.2 Å². The fourth-order valence-electron chi connectivity index (χ4n) is 2.07. The van der Waals surface area contributed by atoms with Crippen LogP contribution < -0.4 is 11.1 Å². The number of carbonyl (C=O) groups excluding carboxylic acids is 2. The van der Waals surface area contributed by atoms with E-state index < -0.39 is 5.91 Å². The van der Waals surface area contributed by atoms with Gasteiger partial charge < -0.3 is 11.1 Å². The lowest BCUT2D eigenvalue weighted by Gasteiger charge is -2.03. The first kappa shape index (κ1) is 16.2. The molecule has 1 aromatic heterocycles. The van der Waals surface area contributed by atoms with Crippen molar-refractivity contribution in [3.8, 4) is 11.4 Å². The zero-order chi connectivity index (χ0) is 17.8. The molecule has 25 heavy (non-hydrogen) atoms. The third-order valence-electron chi connectivity index (χ3n) is 3.29. The molecule has 0 fully saturated rings. The summed E-state index contributed by atoms with van der Waals surface area (Å²) in [5, 5.41) is 14.4. The van der Waals surface area contributed by atoms with Crippen LogP contribution in [0.3, 0.4) is 0 Å². The number of primary amides is 1. The third kappa shape index (κ3) is 4.02. The number of aromatic nitrogens is 4. The Morgan fingerprint density at radius 2 is 1.76 bits per heavy atom. The minimum Gasteiger partial charge on any atom is -0.366 e. The number of hydrogen-bond donors (Lipinski definition) is 2. The Morgan fingerprint density at radius 3 is 2.40 bits per heavy atom. The maximum absolute atomic E-state index is 12.8. The summed E-state index contributed by atoms with van der Waals surface area (Å²) in [6.45, 7) is -0.149. The molecule has 0 saturated heterocycles. The van der Waals surface area contributed by atoms with E-state index in [-0.39, 0.29) is 18.3 Å². The summed E-state index contributed by atoms with van der Waals surface area (Å²) in [4.78, 5) is 24.1. The van der Waals surface area contributed by atoms with Gasteiger partial charge in [0.05, 0.1) is 0 Å². The molecular weight excluding hydrogens is 327 g/mol. The van der Waals surface area contributed by atoms with Crippen molar-refractivity contribution in [3.63, 3.8) is 0 Å². The SMILES string of the molecule is NC(=O)c1ccc(-c2nnn(CC(=O)Nc3ccc(F)cc3)n2)cc1. The summed E-state index contributed by atoms with van der Waals surface area (Å²) in [7, 11) is 0. The molecule has 3 aromatic rings. The van der Waals surface area contributed by atoms with Crippen molar-refractivity contribution in [2.75, 3.05) is 5.32 Å². The second-order valence-corrected chi connectivity index (χ2v) is 5.14. The summed E-state index contributed by atoms with van der Waals surface area (Å²) in [6.07, 6.45) is 0. The second kappa shape index (κ2) is 6.87. The number of nitrogens with zero attached hydrogens (tertiary/aromatic N) is 4. The van der Waals surface area contributed by atoms with Crippen LogP contribution in [0.5, 0.6) is 0 Å². The molecule has 2 aromatic carbocycles. The lowest BCUT2D eigenvalue weighted by atomic mass is 10.1. The predicted octanol–water partition coefficient (Wildman–Crippen LogP) is 1.22. The highest BCUT2D eigenvalue weighted by atomic mass is 19.1. The highest BCUT2D eigenvalue weighted by Crippen LogP contribution is 2.14. The number of anilines is 1. The van der Waals surface area contributed by atoms with Crippen molar-refractivity contribution in [3.05, 3.63) is 59.9 Å². The largest absolute Gasteiger partial charge is 0.366 e. The normalized spacial score (nSPS) is 10.4. The molecule has 0 aliphatic rings. The van der Waals surface area contributed by atoms with Crippen molar-refractivity contribution in [1.29, 1.82) is 0 Å². The van der Waals surface area contributed by atoms with Crippen LogP contribution in [0.1, 0.15) is 10.4 Å². The van der Waals surface area contributed by atoms with Gasteiger partial charge in [-0.2, -0.15) is 4.80 Å². The first-order chi connectivity index (χ1) is 12.0. The molecule has 0 bridgehead atoms. The average Bonchev–Trinajstić information content (AvgIpc) is 3.05. The molecule has 9 heteroatoms. The molecule has 126 valence electrons. The topological polar surface area (TPSA) is 116 Å². The van der Waals surface area contributed by atoms with Crippen LogP contribution in [0, 0.1) is 5.82 Å². The van der Waals surface area contributed by atoms with Gasteiger partial charge in [0.1, 0.15) is 12.4 Å². The van der Waals surface area contributed by atoms with Crippen LogP contribution in [-0.2, 0) is 11.3 Å². The lowest BCUT2D eigenvalue weighted by molar-refractivity contribution is -0.117. The molecule has 1 heterocycles. The van der Waals surface area contributed by atoms with Gasteiger partial charge in [0.25, 0.3) is 0 Å². The molecule has 0 saturated carbocycles. The van der Waals surface area contributed by atoms with Crippen LogP contribution in [-0.4, -0.2) is 32.0 Å². The van der Waals surface area contributed by atoms with Crippen LogP contribution in [0.25, 0.3) is 11.4 Å². The van der Waals surface area contributed by atoms with Crippen molar-refractivity contribution < 1.29 is 14.0 Å². The number of carbonyl (C=O) groups is 2. The Morgan fingerprint density at radius 1 is 1.08 bits per heavy atom. The van der Waals surface area contributed by atoms with Crippen LogP contribution in [0.4, 0.5) is 10.1 Å². The summed E-state index contributed by atoms with van der Waals surface area (Å²) in [6, 6.07) is 11.8. The van der Waals surface area contributed by atoms with Gasteiger partial charge in [0, 0.05) is 16.8 Å². The number of nitrogens with two attached hydrogens (primary N) is 1. The van der Waals surface area contributed by atoms with E-state index >= 15 is 0 Å². The summed E-state index contributed by atoms with van der Waals surface area (Å²) in [5.74, 6) is -0.978. The minimum absolute atomic E-state index is 0.149. The number of halogens is 1. The predicted molar refractivity (Wildman–Crippen MR) is 86.8 cm³/mol. The Bertz CT molecular complexity index is 905. The van der Waals surface area contributed by atoms with E-state index in [9.17, 15) is 14.0 Å². The molecule has 8 nitrogen and oxygen atoms in total. The molecule has 0 atom stereocenters. The van der Waals surface area contributed by atoms with Gasteiger partial charge in [-0.1, -0.05) is 12.1 Å². The number of nitrogens with one attached hydrogen (secondary N) is 1. The maximum atomic E-state index is 12.8. The first-order valence-corrected chi connectivity index (χ1v) is 7.25. The first-order valence-electron chi connectivity index (χ1n) is 7.25. The highest BCUT2D eigenvalue weighted by Gasteiger charge is 2.10. The Hall–Kier alpha value is -3.62. The molecule has 3 N–H and O–H groups in total. The number of tetrazole rings is 1. The molecule has 2 amide bonds. The van der Waals surface area contributed by atoms with Gasteiger partial charge in [0.15, 0.2) is 0 Å². The molecular formula is C16H13FN6O2. The molecule has 0 radical (unpaired) electrons. The zero-order valence-corrected chi connectivity index (χ0v) is 12.9. The van der Waals surface area contributed by atoms with Gasteiger partial charge in [-0.25, -0.2) is 4.39 Å². The van der Waals surface area contributed by atoms with Gasteiger partial charge in [0.2, 0.25) is 17.6 Å². The van der Waals surface area contributed by atoms with Crippen molar-refractivity contribution in [2.45, 2.75) is 6.54 Å². The van der Waals surface area contributed by atoms with Crippen LogP contribution in [0.2, 0.25) is 0 Å². The zero-order valence-electron chi connectivity index (χ0n) is 12.9. The average molecular weight is 340 g/mol. The van der Waals surface area contributed by atoms with Crippen molar-refractivity contribution in [2.24, 2.45) is 5.73 Å². The van der Waals surface area contributed by atoms with Gasteiger partial charge >= 0.3 is 0 Å². The molecule has 3 rings (SSSR count). The van der Waals surface area contributed by atoms with E-state index in [0.717, 1.165) is 4.80 Å². The number of benzene rings is 2. The van der Waals surface area contributed by atoms with E-state index in [1.807, 2.05) is 0 Å². The van der Waals surface area contributed by atoms with Gasteiger partial charge in [-0.3, -0.25) is 9.59 Å². The fourth-order valence-corrected chi connectivity index (χ4v) is 2.07. The minimum atomic E-state index is -0.527. The highest BCUT2D eigenvalue weighted by molar-refractivity contribution is 5.93. The standard InChI is InChI=1S/C16H13FN6O2/c17-12-5-7-13(8-6-12)19-14(24)9-23-21-16(20-22-23)11-3-1-10(2-4-11)15(18)25/h1-8H,9H2,(H2,18,25)(H,19,24). The molecule has 0 spiro atoms. The Balaban J connectivity index is 1.65. The molecule has 0 aliphatic heterocycles. The second-order valence-electron chi connectivity index (χ2n) is 5.14. The Kier molecular flexibility index (Phi) is 4.46. The van der Waals surface area contributed by atoms with E-state index in [1.165, 1.54) is 24.3 Å².